The molecule has 1 saturated heterocycles. The minimum Gasteiger partial charge on any atom is -0.354 e. The molecule has 1 unspecified atom stereocenters. The van der Waals surface area contributed by atoms with E-state index in [1.807, 2.05) is 0 Å². The second-order valence-electron chi connectivity index (χ2n) is 7.64. The summed E-state index contributed by atoms with van der Waals surface area (Å²) in [5.74, 6) is 1.69. The molecule has 0 aromatic heterocycles. The van der Waals surface area contributed by atoms with E-state index >= 15 is 0 Å². The summed E-state index contributed by atoms with van der Waals surface area (Å²) in [6.07, 6.45) is 8.51. The van der Waals surface area contributed by atoms with Crippen molar-refractivity contribution in [1.29, 1.82) is 0 Å². The van der Waals surface area contributed by atoms with Gasteiger partial charge in [-0.3, -0.25) is 9.69 Å². The molecule has 3 nitrogen and oxygen atoms in total. The number of carbonyl (C=O) groups is 1. The van der Waals surface area contributed by atoms with Gasteiger partial charge in [-0.05, 0) is 57.9 Å². The zero-order chi connectivity index (χ0) is 14.6. The predicted octanol–water partition coefficient (Wildman–Crippen LogP) is 3.19. The summed E-state index contributed by atoms with van der Waals surface area (Å²) in [5, 5.41) is 3.18. The summed E-state index contributed by atoms with van der Waals surface area (Å²) in [7, 11) is 0. The molecule has 3 heteroatoms. The Balaban J connectivity index is 1.74. The summed E-state index contributed by atoms with van der Waals surface area (Å²) in [6, 6.07) is 0. The maximum atomic E-state index is 12.1. The van der Waals surface area contributed by atoms with Gasteiger partial charge in [-0.15, -0.1) is 0 Å². The van der Waals surface area contributed by atoms with Crippen LogP contribution in [0, 0.1) is 11.8 Å². The summed E-state index contributed by atoms with van der Waals surface area (Å²) >= 11 is 0. The molecule has 1 N–H and O–H groups in total. The van der Waals surface area contributed by atoms with Gasteiger partial charge in [0.05, 0.1) is 0 Å². The fraction of sp³-hybridized carbons (Fsp3) is 0.941. The SMILES string of the molecule is CC1CCCN(C(C)(C)CNC(=O)CC2CCCC2)C1. The predicted molar refractivity (Wildman–Crippen MR) is 83.6 cm³/mol. The van der Waals surface area contributed by atoms with Crippen molar-refractivity contribution in [2.24, 2.45) is 11.8 Å². The highest BCUT2D eigenvalue weighted by Gasteiger charge is 2.30. The molecule has 1 heterocycles. The Morgan fingerprint density at radius 3 is 2.55 bits per heavy atom. The van der Waals surface area contributed by atoms with Gasteiger partial charge in [0.1, 0.15) is 0 Å². The van der Waals surface area contributed by atoms with Crippen molar-refractivity contribution in [3.63, 3.8) is 0 Å². The van der Waals surface area contributed by atoms with Gasteiger partial charge in [-0.25, -0.2) is 0 Å². The van der Waals surface area contributed by atoms with Crippen LogP contribution in [0.15, 0.2) is 0 Å². The van der Waals surface area contributed by atoms with Crippen LogP contribution in [-0.4, -0.2) is 36.0 Å². The Hall–Kier alpha value is -0.570. The van der Waals surface area contributed by atoms with Crippen LogP contribution in [0.1, 0.15) is 65.7 Å². The van der Waals surface area contributed by atoms with Crippen molar-refractivity contribution in [3.05, 3.63) is 0 Å². The number of likely N-dealkylation sites (tertiary alicyclic amines) is 1. The van der Waals surface area contributed by atoms with E-state index in [9.17, 15) is 4.79 Å². The maximum absolute atomic E-state index is 12.1. The second-order valence-corrected chi connectivity index (χ2v) is 7.64. The van der Waals surface area contributed by atoms with Crippen LogP contribution in [0.3, 0.4) is 0 Å². The molecule has 0 radical (unpaired) electrons. The third-order valence-electron chi connectivity index (χ3n) is 5.18. The molecule has 1 amide bonds. The van der Waals surface area contributed by atoms with Crippen molar-refractivity contribution in [3.8, 4) is 0 Å². The van der Waals surface area contributed by atoms with Gasteiger partial charge in [0, 0.05) is 25.0 Å². The van der Waals surface area contributed by atoms with Crippen molar-refractivity contribution in [1.82, 2.24) is 10.2 Å². The number of carbonyl (C=O) groups excluding carboxylic acids is 1. The van der Waals surface area contributed by atoms with Gasteiger partial charge in [0.15, 0.2) is 0 Å². The zero-order valence-electron chi connectivity index (χ0n) is 13.6. The van der Waals surface area contributed by atoms with Crippen LogP contribution < -0.4 is 5.32 Å². The van der Waals surface area contributed by atoms with Crippen molar-refractivity contribution < 1.29 is 4.79 Å². The van der Waals surface area contributed by atoms with Crippen LogP contribution in [0.25, 0.3) is 0 Å². The van der Waals surface area contributed by atoms with Crippen molar-refractivity contribution >= 4 is 5.91 Å². The van der Waals surface area contributed by atoms with Crippen LogP contribution in [-0.2, 0) is 4.79 Å². The number of piperidine rings is 1. The average molecular weight is 280 g/mol. The molecule has 20 heavy (non-hydrogen) atoms. The van der Waals surface area contributed by atoms with Crippen LogP contribution >= 0.6 is 0 Å². The topological polar surface area (TPSA) is 32.3 Å². The van der Waals surface area contributed by atoms with Gasteiger partial charge in [0.2, 0.25) is 5.91 Å². The zero-order valence-corrected chi connectivity index (χ0v) is 13.6. The number of nitrogens with zero attached hydrogens (tertiary/aromatic N) is 1. The molecule has 2 rings (SSSR count). The van der Waals surface area contributed by atoms with E-state index < -0.39 is 0 Å². The lowest BCUT2D eigenvalue weighted by Gasteiger charge is -2.43. The van der Waals surface area contributed by atoms with E-state index in [4.69, 9.17) is 0 Å². The summed E-state index contributed by atoms with van der Waals surface area (Å²) < 4.78 is 0. The second kappa shape index (κ2) is 6.93. The van der Waals surface area contributed by atoms with Crippen molar-refractivity contribution in [2.75, 3.05) is 19.6 Å². The highest BCUT2D eigenvalue weighted by molar-refractivity contribution is 5.76. The average Bonchev–Trinajstić information content (AvgIpc) is 2.89. The largest absolute Gasteiger partial charge is 0.354 e. The van der Waals surface area contributed by atoms with Gasteiger partial charge in [-0.1, -0.05) is 19.8 Å². The molecule has 116 valence electrons. The molecule has 1 saturated carbocycles. The summed E-state index contributed by atoms with van der Waals surface area (Å²) in [5.41, 5.74) is 0.0833. The van der Waals surface area contributed by atoms with E-state index in [0.29, 0.717) is 5.92 Å². The first kappa shape index (κ1) is 15.8. The lowest BCUT2D eigenvalue weighted by molar-refractivity contribution is -0.122. The Kier molecular flexibility index (Phi) is 5.48. The quantitative estimate of drug-likeness (QED) is 0.839. The number of nitrogens with one attached hydrogen (secondary N) is 1. The molecule has 0 spiro atoms. The van der Waals surface area contributed by atoms with Gasteiger partial charge >= 0.3 is 0 Å². The summed E-state index contributed by atoms with van der Waals surface area (Å²) in [6.45, 7) is 10.00. The number of hydrogen-bond acceptors (Lipinski definition) is 2. The first-order valence-electron chi connectivity index (χ1n) is 8.49. The lowest BCUT2D eigenvalue weighted by Crippen LogP contribution is -2.54. The number of rotatable bonds is 5. The molecular weight excluding hydrogens is 248 g/mol. The number of amides is 1. The fourth-order valence-electron chi connectivity index (χ4n) is 3.71. The molecule has 2 aliphatic rings. The van der Waals surface area contributed by atoms with Crippen LogP contribution in [0.2, 0.25) is 0 Å². The molecule has 0 aromatic rings. The summed E-state index contributed by atoms with van der Waals surface area (Å²) in [4.78, 5) is 14.6. The van der Waals surface area contributed by atoms with E-state index in [0.717, 1.165) is 18.9 Å². The molecule has 1 aliphatic carbocycles. The normalized spacial score (nSPS) is 25.9. The number of hydrogen-bond donors (Lipinski definition) is 1. The molecule has 1 atom stereocenters. The molecule has 0 bridgehead atoms. The lowest BCUT2D eigenvalue weighted by atomic mass is 9.93. The monoisotopic (exact) mass is 280 g/mol. The minimum absolute atomic E-state index is 0.0833. The van der Waals surface area contributed by atoms with Gasteiger partial charge in [0.25, 0.3) is 0 Å². The molecule has 1 aliphatic heterocycles. The minimum atomic E-state index is 0.0833. The Morgan fingerprint density at radius 1 is 1.20 bits per heavy atom. The Bertz CT molecular complexity index is 321. The standard InChI is InChI=1S/C17H32N2O/c1-14-7-6-10-19(12-14)17(2,3)13-18-16(20)11-15-8-4-5-9-15/h14-15H,4-13H2,1-3H3,(H,18,20). The van der Waals surface area contributed by atoms with E-state index in [1.165, 1.54) is 51.6 Å². The fourth-order valence-corrected chi connectivity index (χ4v) is 3.71. The van der Waals surface area contributed by atoms with Crippen LogP contribution in [0.5, 0.6) is 0 Å². The molecule has 2 fully saturated rings. The third kappa shape index (κ3) is 4.47. The third-order valence-corrected chi connectivity index (χ3v) is 5.18. The van der Waals surface area contributed by atoms with Gasteiger partial charge in [-0.2, -0.15) is 0 Å². The van der Waals surface area contributed by atoms with Crippen molar-refractivity contribution in [2.45, 2.75) is 71.3 Å². The first-order chi connectivity index (χ1) is 9.47. The van der Waals surface area contributed by atoms with E-state index in [-0.39, 0.29) is 11.4 Å². The highest BCUT2D eigenvalue weighted by Crippen LogP contribution is 2.27. The maximum Gasteiger partial charge on any atom is 0.220 e. The van der Waals surface area contributed by atoms with E-state index in [2.05, 4.69) is 31.0 Å². The highest BCUT2D eigenvalue weighted by atomic mass is 16.1. The molecular formula is C17H32N2O. The van der Waals surface area contributed by atoms with Gasteiger partial charge < -0.3 is 5.32 Å². The Labute approximate surface area is 124 Å². The first-order valence-corrected chi connectivity index (χ1v) is 8.49. The van der Waals surface area contributed by atoms with E-state index in [1.54, 1.807) is 0 Å². The van der Waals surface area contributed by atoms with Crippen LogP contribution in [0.4, 0.5) is 0 Å². The Morgan fingerprint density at radius 2 is 1.90 bits per heavy atom. The smallest absolute Gasteiger partial charge is 0.220 e. The molecule has 0 aromatic carbocycles.